The van der Waals surface area contributed by atoms with Crippen LogP contribution in [0.4, 0.5) is 0 Å². The fourth-order valence-electron chi connectivity index (χ4n) is 2.61. The highest BCUT2D eigenvalue weighted by molar-refractivity contribution is 5.29. The van der Waals surface area contributed by atoms with Gasteiger partial charge in [-0.25, -0.2) is 0 Å². The van der Waals surface area contributed by atoms with Crippen molar-refractivity contribution in [2.24, 2.45) is 0 Å². The molecule has 1 heterocycles. The Labute approximate surface area is 129 Å². The summed E-state index contributed by atoms with van der Waals surface area (Å²) in [7, 11) is 0. The van der Waals surface area contributed by atoms with Crippen molar-refractivity contribution in [1.82, 2.24) is 5.32 Å². The zero-order valence-electron chi connectivity index (χ0n) is 13.8. The van der Waals surface area contributed by atoms with Crippen LogP contribution in [0.1, 0.15) is 51.3 Å². The van der Waals surface area contributed by atoms with Gasteiger partial charge in [-0.05, 0) is 29.5 Å². The maximum atomic E-state index is 5.98. The highest BCUT2D eigenvalue weighted by atomic mass is 16.5. The van der Waals surface area contributed by atoms with Crippen LogP contribution in [0, 0.1) is 0 Å². The Hall–Kier alpha value is -0.900. The Morgan fingerprint density at radius 2 is 2.00 bits per heavy atom. The standard InChI is InChI=1S/C18H29NO2/c1-5-19-17(13-21-16-10-11-20-12-16)14-6-8-15(9-7-14)18(2,3)4/h6-9,16-17,19H,5,10-13H2,1-4H3. The van der Waals surface area contributed by atoms with Crippen molar-refractivity contribution >= 4 is 0 Å². The Balaban J connectivity index is 1.99. The first kappa shape index (κ1) is 16.5. The van der Waals surface area contributed by atoms with Crippen LogP contribution in [0.15, 0.2) is 24.3 Å². The van der Waals surface area contributed by atoms with Gasteiger partial charge in [0.15, 0.2) is 0 Å². The summed E-state index contributed by atoms with van der Waals surface area (Å²) in [6.45, 7) is 12.1. The average Bonchev–Trinajstić information content (AvgIpc) is 2.96. The molecule has 1 aromatic rings. The zero-order chi connectivity index (χ0) is 15.3. The summed E-state index contributed by atoms with van der Waals surface area (Å²) < 4.78 is 11.3. The minimum absolute atomic E-state index is 0.198. The lowest BCUT2D eigenvalue weighted by molar-refractivity contribution is 0.0300. The number of benzene rings is 1. The van der Waals surface area contributed by atoms with Gasteiger partial charge in [-0.2, -0.15) is 0 Å². The van der Waals surface area contributed by atoms with Crippen LogP contribution in [0.3, 0.4) is 0 Å². The second-order valence-corrected chi connectivity index (χ2v) is 6.80. The number of hydrogen-bond acceptors (Lipinski definition) is 3. The van der Waals surface area contributed by atoms with Gasteiger partial charge in [0.1, 0.15) is 0 Å². The molecule has 1 N–H and O–H groups in total. The van der Waals surface area contributed by atoms with E-state index < -0.39 is 0 Å². The van der Waals surface area contributed by atoms with Gasteiger partial charge < -0.3 is 14.8 Å². The molecule has 21 heavy (non-hydrogen) atoms. The van der Waals surface area contributed by atoms with Crippen LogP contribution in [-0.2, 0) is 14.9 Å². The Kier molecular flexibility index (Phi) is 5.80. The maximum absolute atomic E-state index is 5.98. The summed E-state index contributed by atoms with van der Waals surface area (Å²) in [6.07, 6.45) is 1.28. The normalized spacial score (nSPS) is 20.7. The molecule has 0 spiro atoms. The summed E-state index contributed by atoms with van der Waals surface area (Å²) in [5.74, 6) is 0. The van der Waals surface area contributed by atoms with Crippen LogP contribution in [0.2, 0.25) is 0 Å². The van der Waals surface area contributed by atoms with Gasteiger partial charge >= 0.3 is 0 Å². The highest BCUT2D eigenvalue weighted by Crippen LogP contribution is 2.24. The van der Waals surface area contributed by atoms with Crippen molar-refractivity contribution in [1.29, 1.82) is 0 Å². The Morgan fingerprint density at radius 1 is 1.29 bits per heavy atom. The molecule has 3 heteroatoms. The van der Waals surface area contributed by atoms with Gasteiger partial charge in [0.05, 0.1) is 25.4 Å². The fraction of sp³-hybridized carbons (Fsp3) is 0.667. The lowest BCUT2D eigenvalue weighted by Crippen LogP contribution is -2.28. The third-order valence-corrected chi connectivity index (χ3v) is 4.02. The number of likely N-dealkylation sites (N-methyl/N-ethyl adjacent to an activating group) is 1. The lowest BCUT2D eigenvalue weighted by atomic mass is 9.86. The molecule has 0 amide bonds. The number of ether oxygens (including phenoxy) is 2. The Bertz CT molecular complexity index is 416. The predicted molar refractivity (Wildman–Crippen MR) is 86.7 cm³/mol. The zero-order valence-corrected chi connectivity index (χ0v) is 13.8. The van der Waals surface area contributed by atoms with E-state index >= 15 is 0 Å². The smallest absolute Gasteiger partial charge is 0.0831 e. The molecular formula is C18H29NO2. The van der Waals surface area contributed by atoms with Gasteiger partial charge in [-0.3, -0.25) is 0 Å². The van der Waals surface area contributed by atoms with Crippen molar-refractivity contribution in [3.05, 3.63) is 35.4 Å². The maximum Gasteiger partial charge on any atom is 0.0831 e. The van der Waals surface area contributed by atoms with E-state index in [4.69, 9.17) is 9.47 Å². The number of nitrogens with one attached hydrogen (secondary N) is 1. The summed E-state index contributed by atoms with van der Waals surface area (Å²) in [4.78, 5) is 0. The number of hydrogen-bond donors (Lipinski definition) is 1. The minimum atomic E-state index is 0.198. The first-order valence-corrected chi connectivity index (χ1v) is 8.04. The summed E-state index contributed by atoms with van der Waals surface area (Å²) in [6, 6.07) is 9.17. The lowest BCUT2D eigenvalue weighted by Gasteiger charge is -2.23. The molecule has 3 nitrogen and oxygen atoms in total. The van der Waals surface area contributed by atoms with Crippen molar-refractivity contribution < 1.29 is 9.47 Å². The molecule has 1 aliphatic rings. The van der Waals surface area contributed by atoms with Crippen molar-refractivity contribution in [2.45, 2.75) is 51.7 Å². The molecule has 1 aromatic carbocycles. The van der Waals surface area contributed by atoms with E-state index in [0.717, 1.165) is 26.2 Å². The second kappa shape index (κ2) is 7.39. The van der Waals surface area contributed by atoms with E-state index in [2.05, 4.69) is 57.3 Å². The van der Waals surface area contributed by atoms with Crippen molar-refractivity contribution in [2.75, 3.05) is 26.4 Å². The topological polar surface area (TPSA) is 30.5 Å². The summed E-state index contributed by atoms with van der Waals surface area (Å²) in [5.41, 5.74) is 2.86. The molecule has 118 valence electrons. The van der Waals surface area contributed by atoms with E-state index in [0.29, 0.717) is 6.61 Å². The summed E-state index contributed by atoms with van der Waals surface area (Å²) >= 11 is 0. The van der Waals surface area contributed by atoms with Gasteiger partial charge in [-0.15, -0.1) is 0 Å². The molecule has 1 fully saturated rings. The largest absolute Gasteiger partial charge is 0.379 e. The highest BCUT2D eigenvalue weighted by Gasteiger charge is 2.19. The molecule has 2 rings (SSSR count). The van der Waals surface area contributed by atoms with Gasteiger partial charge in [0, 0.05) is 6.61 Å². The molecule has 2 atom stereocenters. The first-order chi connectivity index (χ1) is 10.0. The van der Waals surface area contributed by atoms with E-state index in [9.17, 15) is 0 Å². The quantitative estimate of drug-likeness (QED) is 0.871. The van der Waals surface area contributed by atoms with Crippen molar-refractivity contribution in [3.63, 3.8) is 0 Å². The minimum Gasteiger partial charge on any atom is -0.379 e. The van der Waals surface area contributed by atoms with Crippen molar-refractivity contribution in [3.8, 4) is 0 Å². The average molecular weight is 291 g/mol. The molecule has 0 bridgehead atoms. The molecule has 0 aliphatic carbocycles. The molecule has 0 saturated carbocycles. The second-order valence-electron chi connectivity index (χ2n) is 6.80. The Morgan fingerprint density at radius 3 is 2.52 bits per heavy atom. The fourth-order valence-corrected chi connectivity index (χ4v) is 2.61. The van der Waals surface area contributed by atoms with Gasteiger partial charge in [-0.1, -0.05) is 52.0 Å². The third kappa shape index (κ3) is 4.80. The van der Waals surface area contributed by atoms with E-state index in [1.807, 2.05) is 0 Å². The molecule has 1 saturated heterocycles. The van der Waals surface area contributed by atoms with Crippen LogP contribution in [-0.4, -0.2) is 32.5 Å². The monoisotopic (exact) mass is 291 g/mol. The molecular weight excluding hydrogens is 262 g/mol. The van der Waals surface area contributed by atoms with Gasteiger partial charge in [0.2, 0.25) is 0 Å². The van der Waals surface area contributed by atoms with Crippen LogP contribution in [0.25, 0.3) is 0 Å². The van der Waals surface area contributed by atoms with Crippen LogP contribution in [0.5, 0.6) is 0 Å². The van der Waals surface area contributed by atoms with E-state index in [1.165, 1.54) is 11.1 Å². The molecule has 1 aliphatic heterocycles. The first-order valence-electron chi connectivity index (χ1n) is 8.04. The summed E-state index contributed by atoms with van der Waals surface area (Å²) in [5, 5.41) is 3.52. The van der Waals surface area contributed by atoms with E-state index in [-0.39, 0.29) is 17.6 Å². The molecule has 2 unspecified atom stereocenters. The number of rotatable bonds is 6. The molecule has 0 radical (unpaired) electrons. The SMILES string of the molecule is CCNC(COC1CCOC1)c1ccc(C(C)(C)C)cc1. The predicted octanol–water partition coefficient (Wildman–Crippen LogP) is 3.44. The van der Waals surface area contributed by atoms with Gasteiger partial charge in [0.25, 0.3) is 0 Å². The van der Waals surface area contributed by atoms with Crippen LogP contribution >= 0.6 is 0 Å². The van der Waals surface area contributed by atoms with Crippen LogP contribution < -0.4 is 5.32 Å². The molecule has 0 aromatic heterocycles. The third-order valence-electron chi connectivity index (χ3n) is 4.02. The van der Waals surface area contributed by atoms with E-state index in [1.54, 1.807) is 0 Å².